The second-order valence-electron chi connectivity index (χ2n) is 14.0. The molecule has 4 atom stereocenters. The number of sulfone groups is 1. The Balaban J connectivity index is 1.09. The van der Waals surface area contributed by atoms with Crippen LogP contribution in [0.3, 0.4) is 0 Å². The summed E-state index contributed by atoms with van der Waals surface area (Å²) in [6.45, 7) is -1.18. The molecule has 2 fully saturated rings. The second-order valence-corrected chi connectivity index (χ2v) is 16.5. The molecule has 0 amide bonds. The lowest BCUT2D eigenvalue weighted by Crippen LogP contribution is -2.45. The third kappa shape index (κ3) is 10.6. The highest BCUT2D eigenvalue weighted by molar-refractivity contribution is 7.91. The van der Waals surface area contributed by atoms with Crippen LogP contribution in [0, 0.1) is 5.92 Å². The summed E-state index contributed by atoms with van der Waals surface area (Å²) in [7, 11) is -3.58. The molecule has 1 heterocycles. The van der Waals surface area contributed by atoms with Crippen LogP contribution in [0.2, 0.25) is 5.02 Å². The van der Waals surface area contributed by atoms with Crippen molar-refractivity contribution >= 4 is 27.2 Å². The maximum Gasteiger partial charge on any atom is 0.178 e. The van der Waals surface area contributed by atoms with Gasteiger partial charge in [-0.05, 0) is 80.0 Å². The van der Waals surface area contributed by atoms with E-state index in [2.05, 4.69) is 4.98 Å². The van der Waals surface area contributed by atoms with E-state index in [-0.39, 0.29) is 42.0 Å². The van der Waals surface area contributed by atoms with E-state index in [4.69, 9.17) is 26.2 Å². The molecule has 2 aromatic carbocycles. The molecule has 5 rings (SSSR count). The summed E-state index contributed by atoms with van der Waals surface area (Å²) in [5.74, 6) is -0.356. The zero-order chi connectivity index (χ0) is 37.3. The molecule has 0 bridgehead atoms. The fraction of sp³-hybridized carbons (Fsp3) is 0.538. The van der Waals surface area contributed by atoms with E-state index in [9.17, 15) is 33.6 Å². The van der Waals surface area contributed by atoms with Gasteiger partial charge in [0.2, 0.25) is 0 Å². The molecule has 284 valence electrons. The van der Waals surface area contributed by atoms with Crippen molar-refractivity contribution in [2.45, 2.75) is 112 Å². The lowest BCUT2D eigenvalue weighted by atomic mass is 9.90. The van der Waals surface area contributed by atoms with E-state index in [0.29, 0.717) is 36.3 Å². The van der Waals surface area contributed by atoms with Crippen LogP contribution in [0.1, 0.15) is 81.8 Å². The quantitative estimate of drug-likeness (QED) is 0.0829. The van der Waals surface area contributed by atoms with Crippen LogP contribution in [-0.4, -0.2) is 88.1 Å². The number of ketones is 1. The number of pyridine rings is 1. The van der Waals surface area contributed by atoms with Crippen LogP contribution < -0.4 is 4.74 Å². The molecule has 13 heteroatoms. The third-order valence-electron chi connectivity index (χ3n) is 9.90. The highest BCUT2D eigenvalue weighted by Gasteiger charge is 2.48. The van der Waals surface area contributed by atoms with Gasteiger partial charge in [0.1, 0.15) is 23.7 Å². The first kappa shape index (κ1) is 40.2. The van der Waals surface area contributed by atoms with E-state index >= 15 is 0 Å². The Morgan fingerprint density at radius 2 is 1.65 bits per heavy atom. The number of rotatable bonds is 23. The van der Waals surface area contributed by atoms with Gasteiger partial charge >= 0.3 is 0 Å². The van der Waals surface area contributed by atoms with Crippen molar-refractivity contribution in [3.05, 3.63) is 77.1 Å². The number of halogens is 1. The second kappa shape index (κ2) is 18.4. The van der Waals surface area contributed by atoms with Gasteiger partial charge in [0.15, 0.2) is 9.84 Å². The standard InChI is InChI=1S/C39H50ClNO10S/c40-34-14-13-30(52(48,49)19-7-3-1-2-4-8-28(44)20-26(23-42)37(46)38(47)35(45)24-43)21-27(34)25-50-39(16-17-39)33-22-41-18-15-31(33)32-9-5-6-10-36(32)51-29-11-12-29/h5-6,9-10,13-15,18,21-22,26,29,35,37-38,42-43,45-47H,1-4,7-8,11-12,16-17,19-20,23-25H2/t26-,35+,37+,38+/m1/s1. The lowest BCUT2D eigenvalue weighted by Gasteiger charge is -2.27. The third-order valence-corrected chi connectivity index (χ3v) is 12.1. The van der Waals surface area contributed by atoms with Crippen LogP contribution in [0.5, 0.6) is 5.75 Å². The Bertz CT molecular complexity index is 1750. The van der Waals surface area contributed by atoms with Crippen molar-refractivity contribution < 1.29 is 48.2 Å². The number of hydrogen-bond donors (Lipinski definition) is 5. The van der Waals surface area contributed by atoms with Crippen molar-refractivity contribution in [1.29, 1.82) is 0 Å². The predicted octanol–water partition coefficient (Wildman–Crippen LogP) is 4.91. The average Bonchev–Trinajstić information content (AvgIpc) is 4.10. The Kier molecular flexibility index (Phi) is 14.2. The van der Waals surface area contributed by atoms with E-state index in [1.165, 1.54) is 6.07 Å². The van der Waals surface area contributed by atoms with Gasteiger partial charge in [0.05, 0.1) is 41.7 Å². The summed E-state index contributed by atoms with van der Waals surface area (Å²) in [5, 5.41) is 48.5. The Morgan fingerprint density at radius 1 is 0.923 bits per heavy atom. The maximum atomic E-state index is 13.3. The fourth-order valence-electron chi connectivity index (χ4n) is 6.39. The molecule has 0 saturated heterocycles. The van der Waals surface area contributed by atoms with Gasteiger partial charge in [-0.25, -0.2) is 8.42 Å². The largest absolute Gasteiger partial charge is 0.490 e. The fourth-order valence-corrected chi connectivity index (χ4v) is 7.98. The zero-order valence-electron chi connectivity index (χ0n) is 29.3. The van der Waals surface area contributed by atoms with Crippen molar-refractivity contribution in [3.63, 3.8) is 0 Å². The number of unbranched alkanes of at least 4 members (excludes halogenated alkanes) is 4. The number of Topliss-reactive ketones (excluding diaryl/α,β-unsaturated/α-hetero) is 1. The molecule has 1 aromatic heterocycles. The minimum Gasteiger partial charge on any atom is -0.490 e. The molecule has 5 N–H and O–H groups in total. The summed E-state index contributed by atoms with van der Waals surface area (Å²) in [4.78, 5) is 17.0. The lowest BCUT2D eigenvalue weighted by molar-refractivity contribution is -0.127. The highest BCUT2D eigenvalue weighted by atomic mass is 35.5. The number of nitrogens with zero attached hydrogens (tertiary/aromatic N) is 1. The molecule has 0 radical (unpaired) electrons. The molecule has 11 nitrogen and oxygen atoms in total. The molecule has 2 aliphatic carbocycles. The summed E-state index contributed by atoms with van der Waals surface area (Å²) in [6, 6.07) is 14.7. The van der Waals surface area contributed by atoms with Crippen molar-refractivity contribution in [2.75, 3.05) is 19.0 Å². The number of ether oxygens (including phenoxy) is 2. The number of para-hydroxylation sites is 1. The minimum atomic E-state index is -3.58. The number of hydrogen-bond acceptors (Lipinski definition) is 11. The van der Waals surface area contributed by atoms with Gasteiger partial charge in [-0.1, -0.05) is 49.1 Å². The van der Waals surface area contributed by atoms with Crippen LogP contribution >= 0.6 is 11.6 Å². The smallest absolute Gasteiger partial charge is 0.178 e. The van der Waals surface area contributed by atoms with Crippen molar-refractivity contribution in [2.24, 2.45) is 5.92 Å². The number of aliphatic hydroxyl groups is 5. The van der Waals surface area contributed by atoms with Crippen LogP contribution in [0.15, 0.2) is 65.8 Å². The summed E-state index contributed by atoms with van der Waals surface area (Å²) < 4.78 is 39.3. The molecule has 3 aromatic rings. The Hall–Kier alpha value is -2.94. The van der Waals surface area contributed by atoms with Gasteiger partial charge in [0, 0.05) is 53.9 Å². The first-order chi connectivity index (χ1) is 25.0. The van der Waals surface area contributed by atoms with Crippen molar-refractivity contribution in [1.82, 2.24) is 4.98 Å². The Morgan fingerprint density at radius 3 is 2.37 bits per heavy atom. The molecular weight excluding hydrogens is 710 g/mol. The van der Waals surface area contributed by atoms with Crippen LogP contribution in [0.4, 0.5) is 0 Å². The molecule has 0 unspecified atom stereocenters. The summed E-state index contributed by atoms with van der Waals surface area (Å²) in [6.07, 6.45) is 5.90. The first-order valence-electron chi connectivity index (χ1n) is 18.1. The molecular formula is C39H50ClNO10S. The predicted molar refractivity (Wildman–Crippen MR) is 196 cm³/mol. The molecule has 2 saturated carbocycles. The minimum absolute atomic E-state index is 0.0305. The zero-order valence-corrected chi connectivity index (χ0v) is 30.9. The number of carbonyl (C=O) groups is 1. The molecule has 0 aliphatic heterocycles. The Labute approximate surface area is 310 Å². The number of carbonyl (C=O) groups excluding carboxylic acids is 1. The number of aromatic nitrogens is 1. The van der Waals surface area contributed by atoms with Crippen molar-refractivity contribution in [3.8, 4) is 16.9 Å². The van der Waals surface area contributed by atoms with Gasteiger partial charge in [0.25, 0.3) is 0 Å². The normalized spacial score (nSPS) is 17.7. The average molecular weight is 760 g/mol. The highest BCUT2D eigenvalue weighted by Crippen LogP contribution is 2.53. The van der Waals surface area contributed by atoms with E-state index in [0.717, 1.165) is 54.5 Å². The molecule has 0 spiro atoms. The first-order valence-corrected chi connectivity index (χ1v) is 20.1. The summed E-state index contributed by atoms with van der Waals surface area (Å²) in [5.41, 5.74) is 2.99. The van der Waals surface area contributed by atoms with Crippen LogP contribution in [-0.2, 0) is 31.6 Å². The maximum absolute atomic E-state index is 13.3. The van der Waals surface area contributed by atoms with Gasteiger partial charge in [-0.2, -0.15) is 0 Å². The number of aliphatic hydroxyl groups excluding tert-OH is 5. The van der Waals surface area contributed by atoms with Gasteiger partial charge in [-0.3, -0.25) is 9.78 Å². The van der Waals surface area contributed by atoms with E-state index in [1.807, 2.05) is 36.5 Å². The summed E-state index contributed by atoms with van der Waals surface area (Å²) >= 11 is 6.54. The topological polar surface area (TPSA) is 184 Å². The van der Waals surface area contributed by atoms with E-state index in [1.54, 1.807) is 18.3 Å². The SMILES string of the molecule is O=C(CCCCCCCS(=O)(=O)c1ccc(Cl)c(COC2(c3cnccc3-c3ccccc3OC3CC3)CC2)c1)C[C@H](CO)[C@H](O)[C@@H](O)[C@@H](O)CO. The van der Waals surface area contributed by atoms with E-state index < -0.39 is 52.9 Å². The molecule has 52 heavy (non-hydrogen) atoms. The van der Waals surface area contributed by atoms with Gasteiger partial charge < -0.3 is 35.0 Å². The van der Waals surface area contributed by atoms with Gasteiger partial charge in [-0.15, -0.1) is 0 Å². The number of benzene rings is 2. The monoisotopic (exact) mass is 759 g/mol. The van der Waals surface area contributed by atoms with Crippen LogP contribution in [0.25, 0.3) is 11.1 Å². The molecule has 2 aliphatic rings.